The fourth-order valence-corrected chi connectivity index (χ4v) is 2.37. The monoisotopic (exact) mass is 280 g/mol. The van der Waals surface area contributed by atoms with Crippen molar-refractivity contribution in [2.45, 2.75) is 6.42 Å². The summed E-state index contributed by atoms with van der Waals surface area (Å²) in [6, 6.07) is 3.83. The van der Waals surface area contributed by atoms with Gasteiger partial charge in [-0.05, 0) is 11.4 Å². The van der Waals surface area contributed by atoms with Crippen LogP contribution in [0.2, 0.25) is 0 Å². The molecule has 0 spiro atoms. The SMILES string of the molecule is Cn1ncc(C(N)=S)c1NC(=O)Cc1cccs1. The molecule has 5 nitrogen and oxygen atoms in total. The van der Waals surface area contributed by atoms with E-state index in [0.717, 1.165) is 4.88 Å². The molecule has 2 heterocycles. The van der Waals surface area contributed by atoms with E-state index < -0.39 is 0 Å². The fourth-order valence-electron chi connectivity index (χ4n) is 1.51. The van der Waals surface area contributed by atoms with Gasteiger partial charge in [0.05, 0.1) is 18.2 Å². The van der Waals surface area contributed by atoms with E-state index >= 15 is 0 Å². The molecule has 0 atom stereocenters. The lowest BCUT2D eigenvalue weighted by molar-refractivity contribution is -0.115. The van der Waals surface area contributed by atoms with E-state index in [1.165, 1.54) is 0 Å². The number of thiophene rings is 1. The van der Waals surface area contributed by atoms with Crippen molar-refractivity contribution in [3.05, 3.63) is 34.2 Å². The van der Waals surface area contributed by atoms with Crippen molar-refractivity contribution in [2.75, 3.05) is 5.32 Å². The second kappa shape index (κ2) is 5.28. The van der Waals surface area contributed by atoms with Crippen LogP contribution in [0.15, 0.2) is 23.7 Å². The van der Waals surface area contributed by atoms with Crippen LogP contribution in [0.4, 0.5) is 5.82 Å². The van der Waals surface area contributed by atoms with Crippen LogP contribution < -0.4 is 11.1 Å². The molecule has 2 aromatic heterocycles. The third-order valence-corrected chi connectivity index (χ3v) is 3.47. The molecule has 0 aliphatic rings. The number of amides is 1. The zero-order chi connectivity index (χ0) is 13.1. The Labute approximate surface area is 114 Å². The highest BCUT2D eigenvalue weighted by Crippen LogP contribution is 2.15. The maximum absolute atomic E-state index is 11.9. The Morgan fingerprint density at radius 1 is 1.67 bits per heavy atom. The molecule has 94 valence electrons. The average molecular weight is 280 g/mol. The number of thiocarbonyl (C=S) groups is 1. The summed E-state index contributed by atoms with van der Waals surface area (Å²) in [6.45, 7) is 0. The first-order valence-corrected chi connectivity index (χ1v) is 6.50. The molecule has 0 fully saturated rings. The quantitative estimate of drug-likeness (QED) is 0.828. The molecule has 0 aliphatic heterocycles. The number of hydrogen-bond acceptors (Lipinski definition) is 4. The first kappa shape index (κ1) is 12.7. The van der Waals surface area contributed by atoms with Gasteiger partial charge in [-0.15, -0.1) is 11.3 Å². The molecule has 0 saturated heterocycles. The molecule has 2 rings (SSSR count). The van der Waals surface area contributed by atoms with Gasteiger partial charge in [-0.25, -0.2) is 0 Å². The second-order valence-electron chi connectivity index (χ2n) is 3.70. The van der Waals surface area contributed by atoms with Gasteiger partial charge in [0.1, 0.15) is 10.8 Å². The maximum atomic E-state index is 11.9. The number of aromatic nitrogens is 2. The molecule has 0 aliphatic carbocycles. The number of rotatable bonds is 4. The fraction of sp³-hybridized carbons (Fsp3) is 0.182. The average Bonchev–Trinajstić information content (AvgIpc) is 2.90. The van der Waals surface area contributed by atoms with E-state index in [0.29, 0.717) is 17.8 Å². The molecule has 7 heteroatoms. The molecular weight excluding hydrogens is 268 g/mol. The van der Waals surface area contributed by atoms with Crippen molar-refractivity contribution >= 4 is 40.3 Å². The van der Waals surface area contributed by atoms with Crippen molar-refractivity contribution in [3.8, 4) is 0 Å². The highest BCUT2D eigenvalue weighted by atomic mass is 32.1. The van der Waals surface area contributed by atoms with E-state index in [4.69, 9.17) is 18.0 Å². The van der Waals surface area contributed by atoms with Gasteiger partial charge < -0.3 is 11.1 Å². The summed E-state index contributed by atoms with van der Waals surface area (Å²) >= 11 is 6.45. The van der Waals surface area contributed by atoms with Crippen LogP contribution in [0.25, 0.3) is 0 Å². The van der Waals surface area contributed by atoms with Gasteiger partial charge in [0, 0.05) is 11.9 Å². The van der Waals surface area contributed by atoms with E-state index in [2.05, 4.69) is 10.4 Å². The van der Waals surface area contributed by atoms with Crippen molar-refractivity contribution in [3.63, 3.8) is 0 Å². The van der Waals surface area contributed by atoms with Crippen molar-refractivity contribution in [1.82, 2.24) is 9.78 Å². The summed E-state index contributed by atoms with van der Waals surface area (Å²) in [5.74, 6) is 0.419. The zero-order valence-electron chi connectivity index (χ0n) is 9.71. The maximum Gasteiger partial charge on any atom is 0.230 e. The van der Waals surface area contributed by atoms with Crippen molar-refractivity contribution in [2.24, 2.45) is 12.8 Å². The van der Waals surface area contributed by atoms with Gasteiger partial charge in [0.15, 0.2) is 0 Å². The molecule has 0 saturated carbocycles. The Morgan fingerprint density at radius 2 is 2.44 bits per heavy atom. The Morgan fingerprint density at radius 3 is 3.06 bits per heavy atom. The summed E-state index contributed by atoms with van der Waals surface area (Å²) in [7, 11) is 1.72. The summed E-state index contributed by atoms with van der Waals surface area (Å²) in [4.78, 5) is 13.1. The minimum atomic E-state index is -0.112. The van der Waals surface area contributed by atoms with Gasteiger partial charge in [-0.3, -0.25) is 9.48 Å². The van der Waals surface area contributed by atoms with Crippen LogP contribution in [0.3, 0.4) is 0 Å². The Balaban J connectivity index is 2.11. The predicted molar refractivity (Wildman–Crippen MR) is 75.7 cm³/mol. The Hall–Kier alpha value is -1.73. The zero-order valence-corrected chi connectivity index (χ0v) is 11.3. The number of hydrogen-bond donors (Lipinski definition) is 2. The number of nitrogens with zero attached hydrogens (tertiary/aromatic N) is 2. The van der Waals surface area contributed by atoms with E-state index in [9.17, 15) is 4.79 Å². The third kappa shape index (κ3) is 2.74. The third-order valence-electron chi connectivity index (χ3n) is 2.38. The molecule has 1 amide bonds. The normalized spacial score (nSPS) is 10.3. The van der Waals surface area contributed by atoms with Crippen LogP contribution in [-0.4, -0.2) is 20.7 Å². The van der Waals surface area contributed by atoms with Crippen LogP contribution in [0, 0.1) is 0 Å². The highest BCUT2D eigenvalue weighted by Gasteiger charge is 2.14. The number of carbonyl (C=O) groups is 1. The number of aryl methyl sites for hydroxylation is 1. The van der Waals surface area contributed by atoms with Crippen LogP contribution in [0.5, 0.6) is 0 Å². The van der Waals surface area contributed by atoms with E-state index in [1.807, 2.05) is 17.5 Å². The number of nitrogens with two attached hydrogens (primary N) is 1. The van der Waals surface area contributed by atoms with Crippen molar-refractivity contribution < 1.29 is 4.79 Å². The van der Waals surface area contributed by atoms with Crippen molar-refractivity contribution in [1.29, 1.82) is 0 Å². The minimum Gasteiger partial charge on any atom is -0.389 e. The highest BCUT2D eigenvalue weighted by molar-refractivity contribution is 7.80. The smallest absolute Gasteiger partial charge is 0.230 e. The van der Waals surface area contributed by atoms with Gasteiger partial charge >= 0.3 is 0 Å². The number of nitrogens with one attached hydrogen (secondary N) is 1. The number of anilines is 1. The van der Waals surface area contributed by atoms with E-state index in [1.54, 1.807) is 29.3 Å². The molecule has 0 bridgehead atoms. The first-order chi connectivity index (χ1) is 8.58. The predicted octanol–water partition coefficient (Wildman–Crippen LogP) is 1.30. The van der Waals surface area contributed by atoms with Crippen LogP contribution in [0.1, 0.15) is 10.4 Å². The molecule has 0 aromatic carbocycles. The minimum absolute atomic E-state index is 0.112. The summed E-state index contributed by atoms with van der Waals surface area (Å²) < 4.78 is 1.54. The lowest BCUT2D eigenvalue weighted by atomic mass is 10.3. The number of carbonyl (C=O) groups excluding carboxylic acids is 1. The van der Waals surface area contributed by atoms with Crippen LogP contribution >= 0.6 is 23.6 Å². The first-order valence-electron chi connectivity index (χ1n) is 5.22. The summed E-state index contributed by atoms with van der Waals surface area (Å²) in [5, 5.41) is 8.74. The topological polar surface area (TPSA) is 72.9 Å². The van der Waals surface area contributed by atoms with E-state index in [-0.39, 0.29) is 10.9 Å². The standard InChI is InChI=1S/C11H12N4OS2/c1-15-11(8(6-13-15)10(12)17)14-9(16)5-7-3-2-4-18-7/h2-4,6H,5H2,1H3,(H2,12,17)(H,14,16). The molecular formula is C11H12N4OS2. The molecule has 3 N–H and O–H groups in total. The van der Waals surface area contributed by atoms with Gasteiger partial charge in [-0.1, -0.05) is 18.3 Å². The lowest BCUT2D eigenvalue weighted by Crippen LogP contribution is -2.19. The lowest BCUT2D eigenvalue weighted by Gasteiger charge is -2.07. The summed E-state index contributed by atoms with van der Waals surface area (Å²) in [6.07, 6.45) is 1.88. The molecule has 18 heavy (non-hydrogen) atoms. The van der Waals surface area contributed by atoms with Gasteiger partial charge in [0.25, 0.3) is 0 Å². The second-order valence-corrected chi connectivity index (χ2v) is 5.17. The van der Waals surface area contributed by atoms with Gasteiger partial charge in [-0.2, -0.15) is 5.10 Å². The summed E-state index contributed by atoms with van der Waals surface area (Å²) in [5.41, 5.74) is 6.14. The molecule has 0 unspecified atom stereocenters. The van der Waals surface area contributed by atoms with Crippen LogP contribution in [-0.2, 0) is 18.3 Å². The molecule has 0 radical (unpaired) electrons. The molecule has 2 aromatic rings. The Bertz CT molecular complexity index is 574. The largest absolute Gasteiger partial charge is 0.389 e. The van der Waals surface area contributed by atoms with Gasteiger partial charge in [0.2, 0.25) is 5.91 Å². The Kier molecular flexibility index (Phi) is 3.73.